The monoisotopic (exact) mass is 351 g/mol. The normalized spacial score (nSPS) is 28.6. The van der Waals surface area contributed by atoms with Crippen LogP contribution in [-0.2, 0) is 4.74 Å². The first kappa shape index (κ1) is 18.9. The van der Waals surface area contributed by atoms with Crippen molar-refractivity contribution >= 4 is 5.96 Å². The summed E-state index contributed by atoms with van der Waals surface area (Å²) in [5.41, 5.74) is 0.168. The van der Waals surface area contributed by atoms with Gasteiger partial charge in [0.05, 0.1) is 0 Å². The molecule has 6 heteroatoms. The summed E-state index contributed by atoms with van der Waals surface area (Å²) in [7, 11) is 6.24. The lowest BCUT2D eigenvalue weighted by Gasteiger charge is -2.43. The van der Waals surface area contributed by atoms with Crippen LogP contribution in [0.25, 0.3) is 0 Å². The van der Waals surface area contributed by atoms with Gasteiger partial charge in [0.15, 0.2) is 5.96 Å². The third kappa shape index (κ3) is 4.66. The van der Waals surface area contributed by atoms with E-state index < -0.39 is 0 Å². The van der Waals surface area contributed by atoms with Gasteiger partial charge in [-0.1, -0.05) is 12.8 Å². The van der Waals surface area contributed by atoms with Crippen LogP contribution in [0.5, 0.6) is 0 Å². The molecular formula is C19H37N5O. The highest BCUT2D eigenvalue weighted by atomic mass is 16.5. The molecule has 0 aromatic heterocycles. The van der Waals surface area contributed by atoms with E-state index in [1.807, 2.05) is 7.05 Å². The Morgan fingerprint density at radius 2 is 1.92 bits per heavy atom. The molecule has 0 aromatic carbocycles. The minimum atomic E-state index is 0.168. The molecule has 144 valence electrons. The highest BCUT2D eigenvalue weighted by Crippen LogP contribution is 2.27. The highest BCUT2D eigenvalue weighted by molar-refractivity contribution is 5.80. The number of aliphatic imine (C=N–C) groups is 1. The van der Waals surface area contributed by atoms with E-state index in [-0.39, 0.29) is 5.54 Å². The Morgan fingerprint density at radius 1 is 1.20 bits per heavy atom. The summed E-state index contributed by atoms with van der Waals surface area (Å²) < 4.78 is 5.57. The van der Waals surface area contributed by atoms with Gasteiger partial charge in [-0.15, -0.1) is 0 Å². The minimum Gasteiger partial charge on any atom is -0.381 e. The standard InChI is InChI=1S/C19H37N5O/c1-20-18(21-15-19(23(2)3)9-12-25-13-10-19)22-16-8-11-24(14-16)17-6-4-5-7-17/h16-17H,4-15H2,1-3H3,(H2,20,21,22). The molecule has 1 atom stereocenters. The number of rotatable bonds is 5. The minimum absolute atomic E-state index is 0.168. The molecule has 2 heterocycles. The number of likely N-dealkylation sites (tertiary alicyclic amines) is 1. The van der Waals surface area contributed by atoms with Gasteiger partial charge in [0, 0.05) is 57.5 Å². The number of nitrogens with zero attached hydrogens (tertiary/aromatic N) is 3. The van der Waals surface area contributed by atoms with Crippen molar-refractivity contribution in [1.29, 1.82) is 0 Å². The largest absolute Gasteiger partial charge is 0.381 e. The van der Waals surface area contributed by atoms with Gasteiger partial charge in [0.2, 0.25) is 0 Å². The second-order valence-corrected chi connectivity index (χ2v) is 8.22. The van der Waals surface area contributed by atoms with Crippen molar-refractivity contribution in [3.63, 3.8) is 0 Å². The van der Waals surface area contributed by atoms with Gasteiger partial charge in [0.25, 0.3) is 0 Å². The summed E-state index contributed by atoms with van der Waals surface area (Å²) >= 11 is 0. The molecule has 0 spiro atoms. The molecule has 25 heavy (non-hydrogen) atoms. The fraction of sp³-hybridized carbons (Fsp3) is 0.947. The van der Waals surface area contributed by atoms with Crippen molar-refractivity contribution < 1.29 is 4.74 Å². The number of nitrogens with one attached hydrogen (secondary N) is 2. The first-order valence-electron chi connectivity index (χ1n) is 10.1. The Bertz CT molecular complexity index is 441. The zero-order valence-electron chi connectivity index (χ0n) is 16.4. The summed E-state index contributed by atoms with van der Waals surface area (Å²) in [6, 6.07) is 1.36. The summed E-state index contributed by atoms with van der Waals surface area (Å²) in [6.07, 6.45) is 8.99. The van der Waals surface area contributed by atoms with E-state index in [0.29, 0.717) is 6.04 Å². The molecule has 0 aromatic rings. The number of hydrogen-bond acceptors (Lipinski definition) is 4. The zero-order valence-corrected chi connectivity index (χ0v) is 16.4. The Balaban J connectivity index is 1.48. The molecule has 2 N–H and O–H groups in total. The van der Waals surface area contributed by atoms with E-state index in [1.165, 1.54) is 38.6 Å². The smallest absolute Gasteiger partial charge is 0.191 e. The molecule has 0 amide bonds. The molecule has 2 saturated heterocycles. The molecule has 1 saturated carbocycles. The summed E-state index contributed by atoms with van der Waals surface area (Å²) in [5, 5.41) is 7.26. The molecular weight excluding hydrogens is 314 g/mol. The van der Waals surface area contributed by atoms with E-state index in [0.717, 1.165) is 51.1 Å². The average molecular weight is 352 g/mol. The zero-order chi connectivity index (χ0) is 17.7. The molecule has 3 fully saturated rings. The summed E-state index contributed by atoms with van der Waals surface area (Å²) in [6.45, 7) is 5.02. The van der Waals surface area contributed by atoms with Gasteiger partial charge < -0.3 is 20.3 Å². The van der Waals surface area contributed by atoms with Gasteiger partial charge in [-0.2, -0.15) is 0 Å². The Kier molecular flexibility index (Phi) is 6.58. The van der Waals surface area contributed by atoms with Gasteiger partial charge in [-0.3, -0.25) is 9.89 Å². The van der Waals surface area contributed by atoms with Crippen LogP contribution in [0.15, 0.2) is 4.99 Å². The number of hydrogen-bond donors (Lipinski definition) is 2. The maximum Gasteiger partial charge on any atom is 0.191 e. The van der Waals surface area contributed by atoms with E-state index >= 15 is 0 Å². The van der Waals surface area contributed by atoms with E-state index in [9.17, 15) is 0 Å². The SMILES string of the molecule is CN=C(NCC1(N(C)C)CCOCC1)NC1CCN(C2CCCC2)C1. The lowest BCUT2D eigenvalue weighted by molar-refractivity contribution is -0.00502. The van der Waals surface area contributed by atoms with Crippen molar-refractivity contribution in [2.24, 2.45) is 4.99 Å². The fourth-order valence-electron chi connectivity index (χ4n) is 4.68. The average Bonchev–Trinajstić information content (AvgIpc) is 3.30. The summed E-state index contributed by atoms with van der Waals surface area (Å²) in [4.78, 5) is 9.52. The molecule has 1 aliphatic carbocycles. The van der Waals surface area contributed by atoms with Crippen LogP contribution in [0.2, 0.25) is 0 Å². The van der Waals surface area contributed by atoms with Crippen molar-refractivity contribution in [3.8, 4) is 0 Å². The molecule has 0 radical (unpaired) electrons. The van der Waals surface area contributed by atoms with Gasteiger partial charge in [-0.25, -0.2) is 0 Å². The van der Waals surface area contributed by atoms with E-state index in [2.05, 4.69) is 39.5 Å². The Hall–Kier alpha value is -0.850. The Morgan fingerprint density at radius 3 is 2.56 bits per heavy atom. The second-order valence-electron chi connectivity index (χ2n) is 8.22. The van der Waals surface area contributed by atoms with E-state index in [4.69, 9.17) is 4.74 Å². The topological polar surface area (TPSA) is 52.1 Å². The van der Waals surface area contributed by atoms with Crippen molar-refractivity contribution in [1.82, 2.24) is 20.4 Å². The first-order chi connectivity index (χ1) is 12.1. The van der Waals surface area contributed by atoms with Crippen LogP contribution in [0, 0.1) is 0 Å². The van der Waals surface area contributed by atoms with Gasteiger partial charge in [-0.05, 0) is 46.2 Å². The molecule has 3 rings (SSSR count). The predicted molar refractivity (Wildman–Crippen MR) is 103 cm³/mol. The number of guanidine groups is 1. The van der Waals surface area contributed by atoms with Crippen LogP contribution in [0.4, 0.5) is 0 Å². The van der Waals surface area contributed by atoms with Crippen LogP contribution < -0.4 is 10.6 Å². The van der Waals surface area contributed by atoms with Crippen molar-refractivity contribution in [2.45, 2.75) is 62.6 Å². The van der Waals surface area contributed by atoms with Crippen molar-refractivity contribution in [2.75, 3.05) is 54.0 Å². The third-order valence-corrected chi connectivity index (χ3v) is 6.58. The fourth-order valence-corrected chi connectivity index (χ4v) is 4.68. The molecule has 1 unspecified atom stereocenters. The lowest BCUT2D eigenvalue weighted by Crippen LogP contribution is -2.57. The Labute approximate surface area is 153 Å². The van der Waals surface area contributed by atoms with E-state index in [1.54, 1.807) is 0 Å². The van der Waals surface area contributed by atoms with Crippen LogP contribution in [-0.4, -0.2) is 87.4 Å². The highest BCUT2D eigenvalue weighted by Gasteiger charge is 2.35. The molecule has 6 nitrogen and oxygen atoms in total. The quantitative estimate of drug-likeness (QED) is 0.577. The maximum atomic E-state index is 5.57. The maximum absolute atomic E-state index is 5.57. The molecule has 2 aliphatic heterocycles. The lowest BCUT2D eigenvalue weighted by atomic mass is 9.88. The summed E-state index contributed by atoms with van der Waals surface area (Å²) in [5.74, 6) is 0.950. The molecule has 0 bridgehead atoms. The van der Waals surface area contributed by atoms with Crippen LogP contribution in [0.3, 0.4) is 0 Å². The molecule has 3 aliphatic rings. The third-order valence-electron chi connectivity index (χ3n) is 6.58. The number of ether oxygens (including phenoxy) is 1. The number of likely N-dealkylation sites (N-methyl/N-ethyl adjacent to an activating group) is 1. The second kappa shape index (κ2) is 8.69. The first-order valence-corrected chi connectivity index (χ1v) is 10.1. The van der Waals surface area contributed by atoms with Crippen LogP contribution >= 0.6 is 0 Å². The van der Waals surface area contributed by atoms with Crippen molar-refractivity contribution in [3.05, 3.63) is 0 Å². The predicted octanol–water partition coefficient (Wildman–Crippen LogP) is 1.28. The van der Waals surface area contributed by atoms with Gasteiger partial charge in [0.1, 0.15) is 0 Å². The van der Waals surface area contributed by atoms with Gasteiger partial charge >= 0.3 is 0 Å². The van der Waals surface area contributed by atoms with Crippen LogP contribution in [0.1, 0.15) is 44.9 Å².